The van der Waals surface area contributed by atoms with E-state index in [-0.39, 0.29) is 11.2 Å². The predicted molar refractivity (Wildman–Crippen MR) is 43.1 cm³/mol. The molecule has 0 bridgehead atoms. The van der Waals surface area contributed by atoms with E-state index in [0.29, 0.717) is 6.29 Å². The second-order valence-corrected chi connectivity index (χ2v) is 2.31. The van der Waals surface area contributed by atoms with E-state index in [0.717, 1.165) is 0 Å². The summed E-state index contributed by atoms with van der Waals surface area (Å²) in [6.07, 6.45) is 0.575. The monoisotopic (exact) mass is 197 g/mol. The molecule has 0 radical (unpaired) electrons. The van der Waals surface area contributed by atoms with Gasteiger partial charge in [-0.05, 0) is 11.6 Å². The molecule has 0 aliphatic carbocycles. The van der Waals surface area contributed by atoms with Gasteiger partial charge in [-0.1, -0.05) is 0 Å². The minimum atomic E-state index is -1.16. The second kappa shape index (κ2) is 4.38. The Morgan fingerprint density at radius 1 is 1.77 bits per heavy atom. The molecule has 0 aliphatic heterocycles. The first-order chi connectivity index (χ1) is 6.26. The largest absolute Gasteiger partial charge is 0.451 e. The fraction of sp³-hybridized carbons (Fsp3) is 0.143. The maximum absolute atomic E-state index is 10.2. The molecule has 0 saturated carbocycles. The first-order valence-electron chi connectivity index (χ1n) is 3.26. The maximum Gasteiger partial charge on any atom is 0.240 e. The van der Waals surface area contributed by atoms with E-state index in [2.05, 4.69) is 9.97 Å². The Hall–Kier alpha value is -1.67. The normalized spacial score (nSPS) is 11.4. The van der Waals surface area contributed by atoms with Gasteiger partial charge in [0, 0.05) is 12.3 Å². The molecule has 0 fully saturated rings. The number of hydrogen-bond acceptors (Lipinski definition) is 5. The van der Waals surface area contributed by atoms with E-state index >= 15 is 0 Å². The van der Waals surface area contributed by atoms with Crippen molar-refractivity contribution >= 4 is 17.9 Å². The van der Waals surface area contributed by atoms with Crippen LogP contribution in [0.3, 0.4) is 0 Å². The third kappa shape index (κ3) is 2.69. The Labute approximate surface area is 78.9 Å². The molecule has 0 aromatic carbocycles. The number of rotatable bonds is 3. The van der Waals surface area contributed by atoms with Gasteiger partial charge in [0.05, 0.1) is 0 Å². The van der Waals surface area contributed by atoms with Gasteiger partial charge >= 0.3 is 0 Å². The molecule has 1 rings (SSSR count). The molecule has 0 spiro atoms. The van der Waals surface area contributed by atoms with Crippen LogP contribution < -0.4 is 4.74 Å². The molecule has 1 unspecified atom stereocenters. The van der Waals surface area contributed by atoms with Crippen molar-refractivity contribution in [3.8, 4) is 11.9 Å². The number of nitrogens with zero attached hydrogens (tertiary/aromatic N) is 3. The Kier molecular flexibility index (Phi) is 3.17. The van der Waals surface area contributed by atoms with E-state index in [1.165, 1.54) is 12.3 Å². The molecule has 1 aromatic heterocycles. The minimum absolute atomic E-state index is 0.0000822. The van der Waals surface area contributed by atoms with Crippen LogP contribution in [0.5, 0.6) is 5.88 Å². The van der Waals surface area contributed by atoms with Crippen molar-refractivity contribution in [1.29, 1.82) is 5.26 Å². The van der Waals surface area contributed by atoms with E-state index in [9.17, 15) is 4.79 Å². The highest BCUT2D eigenvalue weighted by atomic mass is 35.5. The average Bonchev–Trinajstić information content (AvgIpc) is 2.14. The van der Waals surface area contributed by atoms with Gasteiger partial charge in [0.15, 0.2) is 6.29 Å². The lowest BCUT2D eigenvalue weighted by atomic mass is 10.4. The first kappa shape index (κ1) is 9.42. The average molecular weight is 198 g/mol. The summed E-state index contributed by atoms with van der Waals surface area (Å²) >= 11 is 5.44. The van der Waals surface area contributed by atoms with Crippen molar-refractivity contribution in [2.45, 2.75) is 6.10 Å². The highest BCUT2D eigenvalue weighted by molar-refractivity contribution is 6.28. The highest BCUT2D eigenvalue weighted by Crippen LogP contribution is 2.09. The van der Waals surface area contributed by atoms with Crippen molar-refractivity contribution in [3.63, 3.8) is 0 Å². The Morgan fingerprint density at radius 2 is 2.54 bits per heavy atom. The molecule has 0 amide bonds. The molecular formula is C7H4ClN3O2. The maximum atomic E-state index is 10.2. The van der Waals surface area contributed by atoms with Crippen LogP contribution in [0.25, 0.3) is 0 Å². The van der Waals surface area contributed by atoms with Crippen molar-refractivity contribution < 1.29 is 9.53 Å². The van der Waals surface area contributed by atoms with Crippen molar-refractivity contribution in [2.24, 2.45) is 0 Å². The van der Waals surface area contributed by atoms with Gasteiger partial charge in [-0.2, -0.15) is 10.2 Å². The SMILES string of the molecule is N#CC(C=O)Oc1ccnc(Cl)n1. The van der Waals surface area contributed by atoms with Crippen LogP contribution in [-0.4, -0.2) is 22.4 Å². The minimum Gasteiger partial charge on any atom is -0.451 e. The van der Waals surface area contributed by atoms with Crippen LogP contribution in [0.15, 0.2) is 12.3 Å². The number of hydrogen-bond donors (Lipinski definition) is 0. The zero-order valence-corrected chi connectivity index (χ0v) is 7.10. The number of ether oxygens (including phenoxy) is 1. The summed E-state index contributed by atoms with van der Waals surface area (Å²) in [7, 11) is 0. The molecule has 66 valence electrons. The number of halogens is 1. The van der Waals surface area contributed by atoms with E-state index in [4.69, 9.17) is 21.6 Å². The fourth-order valence-corrected chi connectivity index (χ4v) is 0.740. The topological polar surface area (TPSA) is 75.9 Å². The van der Waals surface area contributed by atoms with E-state index < -0.39 is 6.10 Å². The zero-order chi connectivity index (χ0) is 9.68. The van der Waals surface area contributed by atoms with Gasteiger partial charge in [-0.3, -0.25) is 4.79 Å². The zero-order valence-electron chi connectivity index (χ0n) is 6.35. The van der Waals surface area contributed by atoms with Crippen LogP contribution >= 0.6 is 11.6 Å². The number of aldehydes is 1. The summed E-state index contributed by atoms with van der Waals surface area (Å²) < 4.78 is 4.83. The lowest BCUT2D eigenvalue weighted by molar-refractivity contribution is -0.111. The van der Waals surface area contributed by atoms with Crippen molar-refractivity contribution in [1.82, 2.24) is 9.97 Å². The third-order valence-electron chi connectivity index (χ3n) is 1.10. The lowest BCUT2D eigenvalue weighted by Gasteiger charge is -2.03. The highest BCUT2D eigenvalue weighted by Gasteiger charge is 2.07. The molecule has 6 heteroatoms. The standard InChI is InChI=1S/C7H4ClN3O2/c8-7-10-2-1-6(11-7)13-5(3-9)4-12/h1-2,4-5H. The molecular weight excluding hydrogens is 194 g/mol. The predicted octanol–water partition coefficient (Wildman–Crippen LogP) is 0.600. The smallest absolute Gasteiger partial charge is 0.240 e. The van der Waals surface area contributed by atoms with Crippen LogP contribution in [0, 0.1) is 11.3 Å². The van der Waals surface area contributed by atoms with Gasteiger partial charge < -0.3 is 4.74 Å². The van der Waals surface area contributed by atoms with Crippen LogP contribution in [-0.2, 0) is 4.79 Å². The summed E-state index contributed by atoms with van der Waals surface area (Å²) in [5.41, 5.74) is 0. The number of carbonyl (C=O) groups is 1. The van der Waals surface area contributed by atoms with Crippen molar-refractivity contribution in [2.75, 3.05) is 0 Å². The number of aromatic nitrogens is 2. The van der Waals surface area contributed by atoms with E-state index in [1.54, 1.807) is 6.07 Å². The molecule has 1 heterocycles. The van der Waals surface area contributed by atoms with Gasteiger partial charge in [-0.25, -0.2) is 4.98 Å². The number of nitriles is 1. The summed E-state index contributed by atoms with van der Waals surface area (Å²) in [6, 6.07) is 3.03. The van der Waals surface area contributed by atoms with Crippen molar-refractivity contribution in [3.05, 3.63) is 17.5 Å². The Bertz CT molecular complexity index is 350. The van der Waals surface area contributed by atoms with Gasteiger partial charge in [0.1, 0.15) is 6.07 Å². The summed E-state index contributed by atoms with van der Waals surface area (Å²) in [5, 5.41) is 8.37. The first-order valence-corrected chi connectivity index (χ1v) is 3.64. The molecule has 0 saturated heterocycles. The van der Waals surface area contributed by atoms with Crippen LogP contribution in [0.4, 0.5) is 0 Å². The lowest BCUT2D eigenvalue weighted by Crippen LogP contribution is -2.15. The second-order valence-electron chi connectivity index (χ2n) is 1.97. The van der Waals surface area contributed by atoms with E-state index in [1.807, 2.05) is 0 Å². The summed E-state index contributed by atoms with van der Waals surface area (Å²) in [6.45, 7) is 0. The molecule has 13 heavy (non-hydrogen) atoms. The quantitative estimate of drug-likeness (QED) is 0.524. The summed E-state index contributed by atoms with van der Waals surface area (Å²) in [5.74, 6) is 0.0960. The summed E-state index contributed by atoms with van der Waals surface area (Å²) in [4.78, 5) is 17.4. The molecule has 5 nitrogen and oxygen atoms in total. The van der Waals surface area contributed by atoms with Gasteiger partial charge in [0.2, 0.25) is 17.3 Å². The fourth-order valence-electron chi connectivity index (χ4n) is 0.600. The third-order valence-corrected chi connectivity index (χ3v) is 1.28. The van der Waals surface area contributed by atoms with Gasteiger partial charge in [-0.15, -0.1) is 0 Å². The molecule has 1 aromatic rings. The molecule has 1 atom stereocenters. The number of carbonyl (C=O) groups excluding carboxylic acids is 1. The molecule has 0 N–H and O–H groups in total. The van der Waals surface area contributed by atoms with Crippen LogP contribution in [0.1, 0.15) is 0 Å². The Balaban J connectivity index is 2.74. The molecule has 0 aliphatic rings. The van der Waals surface area contributed by atoms with Gasteiger partial charge in [0.25, 0.3) is 0 Å². The Morgan fingerprint density at radius 3 is 3.08 bits per heavy atom. The van der Waals surface area contributed by atoms with Crippen LogP contribution in [0.2, 0.25) is 5.28 Å².